The van der Waals surface area contributed by atoms with Gasteiger partial charge in [-0.2, -0.15) is 0 Å². The molecule has 0 saturated carbocycles. The minimum Gasteiger partial charge on any atom is -0.392 e. The molecule has 1 saturated heterocycles. The van der Waals surface area contributed by atoms with Crippen LogP contribution in [0.5, 0.6) is 0 Å². The number of hydrogen-bond donors (Lipinski definition) is 3. The summed E-state index contributed by atoms with van der Waals surface area (Å²) in [6, 6.07) is -0.521. The van der Waals surface area contributed by atoms with Crippen LogP contribution in [0.4, 0.5) is 0 Å². The van der Waals surface area contributed by atoms with Crippen molar-refractivity contribution in [2.75, 3.05) is 0 Å². The largest absolute Gasteiger partial charge is 0.392 e. The molecule has 80 valence electrons. The Morgan fingerprint density at radius 2 is 2.14 bits per heavy atom. The van der Waals surface area contributed by atoms with E-state index in [2.05, 4.69) is 10.6 Å². The molecular formula is C9H16N2O3. The van der Waals surface area contributed by atoms with Crippen LogP contribution in [0.25, 0.3) is 0 Å². The van der Waals surface area contributed by atoms with Gasteiger partial charge in [-0.1, -0.05) is 0 Å². The highest BCUT2D eigenvalue weighted by Gasteiger charge is 2.36. The average molecular weight is 200 g/mol. The molecule has 1 aliphatic rings. The molecule has 0 spiro atoms. The van der Waals surface area contributed by atoms with Gasteiger partial charge in [0.2, 0.25) is 11.8 Å². The SMILES string of the molecule is CC(O)C(C)(C)NC1CC(=O)NC1=O. The van der Waals surface area contributed by atoms with Crippen LogP contribution in [0, 0.1) is 0 Å². The lowest BCUT2D eigenvalue weighted by molar-refractivity contribution is -0.125. The number of carbonyl (C=O) groups excluding carboxylic acids is 2. The summed E-state index contributed by atoms with van der Waals surface area (Å²) in [4.78, 5) is 22.1. The molecule has 1 aliphatic heterocycles. The summed E-state index contributed by atoms with van der Waals surface area (Å²) in [5, 5.41) is 14.6. The van der Waals surface area contributed by atoms with Gasteiger partial charge in [0.25, 0.3) is 0 Å². The zero-order valence-corrected chi connectivity index (χ0v) is 8.63. The third-order valence-corrected chi connectivity index (χ3v) is 2.56. The van der Waals surface area contributed by atoms with Gasteiger partial charge < -0.3 is 5.11 Å². The molecule has 0 aromatic heterocycles. The fraction of sp³-hybridized carbons (Fsp3) is 0.778. The second-order valence-corrected chi connectivity index (χ2v) is 4.21. The standard InChI is InChI=1S/C9H16N2O3/c1-5(12)9(2,3)11-6-4-7(13)10-8(6)14/h5-6,11-12H,4H2,1-3H3,(H,10,13,14). The number of aliphatic hydroxyl groups excluding tert-OH is 1. The van der Waals surface area contributed by atoms with Crippen LogP contribution in [-0.4, -0.2) is 34.6 Å². The zero-order chi connectivity index (χ0) is 10.9. The third kappa shape index (κ3) is 2.30. The van der Waals surface area contributed by atoms with Crippen molar-refractivity contribution in [2.24, 2.45) is 0 Å². The van der Waals surface area contributed by atoms with Crippen LogP contribution in [-0.2, 0) is 9.59 Å². The second-order valence-electron chi connectivity index (χ2n) is 4.21. The lowest BCUT2D eigenvalue weighted by Gasteiger charge is -2.31. The predicted molar refractivity (Wildman–Crippen MR) is 50.5 cm³/mol. The summed E-state index contributed by atoms with van der Waals surface area (Å²) >= 11 is 0. The molecule has 2 amide bonds. The fourth-order valence-corrected chi connectivity index (χ4v) is 1.24. The Balaban J connectivity index is 2.61. The van der Waals surface area contributed by atoms with Crippen molar-refractivity contribution in [2.45, 2.75) is 44.9 Å². The van der Waals surface area contributed by atoms with Crippen molar-refractivity contribution >= 4 is 11.8 Å². The number of amides is 2. The van der Waals surface area contributed by atoms with Crippen LogP contribution >= 0.6 is 0 Å². The summed E-state index contributed by atoms with van der Waals surface area (Å²) in [6.07, 6.45) is -0.444. The van der Waals surface area contributed by atoms with Gasteiger partial charge in [0, 0.05) is 5.54 Å². The molecule has 0 aliphatic carbocycles. The molecule has 1 rings (SSSR count). The normalized spacial score (nSPS) is 25.0. The van der Waals surface area contributed by atoms with E-state index in [4.69, 9.17) is 0 Å². The summed E-state index contributed by atoms with van der Waals surface area (Å²) in [5.41, 5.74) is -0.577. The molecule has 1 fully saturated rings. The predicted octanol–water partition coefficient (Wildman–Crippen LogP) is -0.849. The van der Waals surface area contributed by atoms with Crippen LogP contribution < -0.4 is 10.6 Å². The first-order valence-corrected chi connectivity index (χ1v) is 4.62. The third-order valence-electron chi connectivity index (χ3n) is 2.56. The van der Waals surface area contributed by atoms with E-state index in [1.54, 1.807) is 20.8 Å². The number of imide groups is 1. The Kier molecular flexibility index (Phi) is 2.92. The number of carbonyl (C=O) groups is 2. The smallest absolute Gasteiger partial charge is 0.244 e. The highest BCUT2D eigenvalue weighted by molar-refractivity contribution is 6.05. The Labute approximate surface area is 82.9 Å². The molecule has 2 atom stereocenters. The van der Waals surface area contributed by atoms with E-state index < -0.39 is 17.7 Å². The van der Waals surface area contributed by atoms with Gasteiger partial charge in [-0.05, 0) is 20.8 Å². The lowest BCUT2D eigenvalue weighted by atomic mass is 9.97. The number of hydrogen-bond acceptors (Lipinski definition) is 4. The molecule has 5 heteroatoms. The molecule has 3 N–H and O–H groups in total. The van der Waals surface area contributed by atoms with Crippen LogP contribution in [0.15, 0.2) is 0 Å². The van der Waals surface area contributed by atoms with E-state index >= 15 is 0 Å². The monoisotopic (exact) mass is 200 g/mol. The van der Waals surface area contributed by atoms with Crippen molar-refractivity contribution in [1.29, 1.82) is 0 Å². The topological polar surface area (TPSA) is 78.4 Å². The Morgan fingerprint density at radius 3 is 2.50 bits per heavy atom. The average Bonchev–Trinajstić information content (AvgIpc) is 2.29. The van der Waals surface area contributed by atoms with Gasteiger partial charge >= 0.3 is 0 Å². The van der Waals surface area contributed by atoms with Gasteiger partial charge in [0.1, 0.15) is 0 Å². The Morgan fingerprint density at radius 1 is 1.57 bits per heavy atom. The van der Waals surface area contributed by atoms with E-state index in [1.165, 1.54) is 0 Å². The number of nitrogens with one attached hydrogen (secondary N) is 2. The molecule has 0 aromatic carbocycles. The Hall–Kier alpha value is -0.940. The molecule has 2 unspecified atom stereocenters. The molecule has 14 heavy (non-hydrogen) atoms. The molecule has 0 aromatic rings. The first-order valence-electron chi connectivity index (χ1n) is 4.62. The maximum atomic E-state index is 11.2. The van der Waals surface area contributed by atoms with E-state index in [9.17, 15) is 14.7 Å². The molecular weight excluding hydrogens is 184 g/mol. The lowest BCUT2D eigenvalue weighted by Crippen LogP contribution is -2.54. The van der Waals surface area contributed by atoms with Gasteiger partial charge in [-0.15, -0.1) is 0 Å². The van der Waals surface area contributed by atoms with Crippen LogP contribution in [0.2, 0.25) is 0 Å². The highest BCUT2D eigenvalue weighted by atomic mass is 16.3. The first kappa shape index (κ1) is 11.1. The van der Waals surface area contributed by atoms with Crippen LogP contribution in [0.3, 0.4) is 0 Å². The summed E-state index contributed by atoms with van der Waals surface area (Å²) in [5.74, 6) is -0.586. The summed E-state index contributed by atoms with van der Waals surface area (Å²) in [7, 11) is 0. The zero-order valence-electron chi connectivity index (χ0n) is 8.63. The minimum atomic E-state index is -0.592. The van der Waals surface area contributed by atoms with E-state index in [-0.39, 0.29) is 18.2 Å². The fourth-order valence-electron chi connectivity index (χ4n) is 1.24. The van der Waals surface area contributed by atoms with Crippen molar-refractivity contribution in [3.8, 4) is 0 Å². The van der Waals surface area contributed by atoms with E-state index in [0.29, 0.717) is 0 Å². The maximum Gasteiger partial charge on any atom is 0.244 e. The van der Waals surface area contributed by atoms with E-state index in [1.807, 2.05) is 0 Å². The van der Waals surface area contributed by atoms with Gasteiger partial charge in [-0.25, -0.2) is 0 Å². The Bertz CT molecular complexity index is 261. The van der Waals surface area contributed by atoms with Gasteiger partial charge in [-0.3, -0.25) is 20.2 Å². The molecule has 5 nitrogen and oxygen atoms in total. The maximum absolute atomic E-state index is 11.2. The van der Waals surface area contributed by atoms with Gasteiger partial charge in [0.05, 0.1) is 18.6 Å². The van der Waals surface area contributed by atoms with E-state index in [0.717, 1.165) is 0 Å². The molecule has 1 heterocycles. The van der Waals surface area contributed by atoms with Crippen molar-refractivity contribution in [3.05, 3.63) is 0 Å². The van der Waals surface area contributed by atoms with Crippen molar-refractivity contribution in [3.63, 3.8) is 0 Å². The quantitative estimate of drug-likeness (QED) is 0.519. The minimum absolute atomic E-state index is 0.148. The molecule has 0 bridgehead atoms. The van der Waals surface area contributed by atoms with Crippen molar-refractivity contribution in [1.82, 2.24) is 10.6 Å². The first-order chi connectivity index (χ1) is 6.33. The number of rotatable bonds is 3. The van der Waals surface area contributed by atoms with Gasteiger partial charge in [0.15, 0.2) is 0 Å². The number of aliphatic hydroxyl groups is 1. The van der Waals surface area contributed by atoms with Crippen LogP contribution in [0.1, 0.15) is 27.2 Å². The second kappa shape index (κ2) is 3.67. The molecule has 0 radical (unpaired) electrons. The summed E-state index contributed by atoms with van der Waals surface area (Å²) in [6.45, 7) is 5.21. The summed E-state index contributed by atoms with van der Waals surface area (Å²) < 4.78 is 0. The highest BCUT2D eigenvalue weighted by Crippen LogP contribution is 2.13. The van der Waals surface area contributed by atoms with Crippen molar-refractivity contribution < 1.29 is 14.7 Å².